The molecule has 0 amide bonds. The summed E-state index contributed by atoms with van der Waals surface area (Å²) in [5, 5.41) is 2.75. The van der Waals surface area contributed by atoms with E-state index in [0.717, 1.165) is 0 Å². The van der Waals surface area contributed by atoms with E-state index in [-0.39, 0.29) is 17.8 Å². The molecule has 0 radical (unpaired) electrons. The molecule has 0 fully saturated rings. The lowest BCUT2D eigenvalue weighted by molar-refractivity contribution is 0.0524. The Bertz CT molecular complexity index is 602. The number of carbonyl (C=O) groups excluding carboxylic acids is 1. The molecule has 2 aromatic heterocycles. The number of rotatable bonds is 2. The average molecular weight is 286 g/mol. The number of imidazole rings is 1. The Morgan fingerprint density at radius 2 is 2.44 bits per heavy atom. The molecule has 1 N–H and O–H groups in total. The average Bonchev–Trinajstić information content (AvgIpc) is 2.62. The Balaban J connectivity index is 2.61. The summed E-state index contributed by atoms with van der Waals surface area (Å²) >= 11 is 3.21. The SMILES string of the molecule is CCOC(=O)c1c[nH]n2c(Br)cnc2c1=O. The van der Waals surface area contributed by atoms with Crippen LogP contribution in [0.25, 0.3) is 5.65 Å². The fourth-order valence-electron chi connectivity index (χ4n) is 1.29. The fourth-order valence-corrected chi connectivity index (χ4v) is 1.66. The maximum absolute atomic E-state index is 11.8. The van der Waals surface area contributed by atoms with Gasteiger partial charge in [0.25, 0.3) is 0 Å². The minimum atomic E-state index is -0.648. The van der Waals surface area contributed by atoms with Crippen molar-refractivity contribution in [2.24, 2.45) is 0 Å². The predicted octanol–water partition coefficient (Wildman–Crippen LogP) is 0.962. The van der Waals surface area contributed by atoms with Gasteiger partial charge in [0.05, 0.1) is 12.8 Å². The molecule has 0 atom stereocenters. The van der Waals surface area contributed by atoms with Gasteiger partial charge in [-0.05, 0) is 22.9 Å². The van der Waals surface area contributed by atoms with Crippen LogP contribution in [0.1, 0.15) is 17.3 Å². The van der Waals surface area contributed by atoms with Crippen LogP contribution in [0.15, 0.2) is 21.8 Å². The first kappa shape index (κ1) is 10.9. The van der Waals surface area contributed by atoms with Gasteiger partial charge < -0.3 is 4.74 Å². The van der Waals surface area contributed by atoms with Gasteiger partial charge in [0.15, 0.2) is 0 Å². The van der Waals surface area contributed by atoms with Gasteiger partial charge in [-0.15, -0.1) is 0 Å². The minimum absolute atomic E-state index is 0.0487. The van der Waals surface area contributed by atoms with E-state index in [1.165, 1.54) is 16.9 Å². The molecule has 0 saturated carbocycles. The monoisotopic (exact) mass is 285 g/mol. The summed E-state index contributed by atoms with van der Waals surface area (Å²) in [6, 6.07) is 0. The van der Waals surface area contributed by atoms with Crippen LogP contribution in [0.2, 0.25) is 0 Å². The molecule has 7 heteroatoms. The normalized spacial score (nSPS) is 10.6. The number of halogens is 1. The standard InChI is InChI=1S/C9H8BrN3O3/c1-2-16-9(15)5-3-12-13-6(10)4-11-8(13)7(5)14/h3-4,12H,2H2,1H3. The molecule has 16 heavy (non-hydrogen) atoms. The van der Waals surface area contributed by atoms with E-state index in [4.69, 9.17) is 4.74 Å². The lowest BCUT2D eigenvalue weighted by Crippen LogP contribution is -2.20. The predicted molar refractivity (Wildman–Crippen MR) is 59.5 cm³/mol. The van der Waals surface area contributed by atoms with Crippen LogP contribution in [-0.2, 0) is 4.74 Å². The van der Waals surface area contributed by atoms with Gasteiger partial charge in [0.1, 0.15) is 10.2 Å². The molecule has 2 aromatic rings. The first-order valence-electron chi connectivity index (χ1n) is 4.57. The lowest BCUT2D eigenvalue weighted by atomic mass is 10.3. The van der Waals surface area contributed by atoms with Gasteiger partial charge in [0, 0.05) is 6.20 Å². The van der Waals surface area contributed by atoms with Crippen molar-refractivity contribution in [1.82, 2.24) is 14.6 Å². The molecule has 6 nitrogen and oxygen atoms in total. The number of ether oxygens (including phenoxy) is 1. The highest BCUT2D eigenvalue weighted by Gasteiger charge is 2.15. The van der Waals surface area contributed by atoms with Crippen molar-refractivity contribution in [3.63, 3.8) is 0 Å². The van der Waals surface area contributed by atoms with Gasteiger partial charge in [-0.2, -0.15) is 0 Å². The van der Waals surface area contributed by atoms with Crippen LogP contribution >= 0.6 is 15.9 Å². The smallest absolute Gasteiger partial charge is 0.343 e. The van der Waals surface area contributed by atoms with Crippen molar-refractivity contribution in [1.29, 1.82) is 0 Å². The van der Waals surface area contributed by atoms with Crippen LogP contribution in [-0.4, -0.2) is 27.2 Å². The van der Waals surface area contributed by atoms with E-state index in [1.54, 1.807) is 6.92 Å². The summed E-state index contributed by atoms with van der Waals surface area (Å²) in [4.78, 5) is 27.1. The van der Waals surface area contributed by atoms with Crippen molar-refractivity contribution >= 4 is 27.5 Å². The number of hydrogen-bond acceptors (Lipinski definition) is 4. The molecule has 0 spiro atoms. The zero-order chi connectivity index (χ0) is 11.7. The first-order chi connectivity index (χ1) is 7.65. The highest BCUT2D eigenvalue weighted by atomic mass is 79.9. The fraction of sp³-hybridized carbons (Fsp3) is 0.222. The summed E-state index contributed by atoms with van der Waals surface area (Å²) in [5.41, 5.74) is -0.354. The molecule has 2 rings (SSSR count). The largest absolute Gasteiger partial charge is 0.462 e. The van der Waals surface area contributed by atoms with Crippen LogP contribution in [0.5, 0.6) is 0 Å². The maximum Gasteiger partial charge on any atom is 0.343 e. The maximum atomic E-state index is 11.8. The third-order valence-electron chi connectivity index (χ3n) is 2.00. The zero-order valence-electron chi connectivity index (χ0n) is 8.36. The molecule has 0 saturated heterocycles. The first-order valence-corrected chi connectivity index (χ1v) is 5.36. The number of hydrogen-bond donors (Lipinski definition) is 1. The molecule has 0 aliphatic carbocycles. The summed E-state index contributed by atoms with van der Waals surface area (Å²) < 4.78 is 6.80. The number of esters is 1. The van der Waals surface area contributed by atoms with E-state index < -0.39 is 11.4 Å². The van der Waals surface area contributed by atoms with Crippen molar-refractivity contribution in [3.8, 4) is 0 Å². The third-order valence-corrected chi connectivity index (χ3v) is 2.56. The summed E-state index contributed by atoms with van der Waals surface area (Å²) in [5.74, 6) is -0.648. The van der Waals surface area contributed by atoms with Crippen molar-refractivity contribution < 1.29 is 9.53 Å². The number of nitrogens with zero attached hydrogens (tertiary/aromatic N) is 2. The molecule has 0 aromatic carbocycles. The Hall–Kier alpha value is -1.63. The van der Waals surface area contributed by atoms with E-state index in [0.29, 0.717) is 4.60 Å². The van der Waals surface area contributed by atoms with E-state index in [9.17, 15) is 9.59 Å². The minimum Gasteiger partial charge on any atom is -0.462 e. The topological polar surface area (TPSA) is 76.5 Å². The quantitative estimate of drug-likeness (QED) is 0.834. The number of aromatic nitrogens is 3. The Labute approximate surface area is 98.4 Å². The second-order valence-corrected chi connectivity index (χ2v) is 3.79. The lowest BCUT2D eigenvalue weighted by Gasteiger charge is -2.01. The number of aromatic amines is 1. The molecular weight excluding hydrogens is 278 g/mol. The van der Waals surface area contributed by atoms with Gasteiger partial charge in [-0.1, -0.05) is 0 Å². The Morgan fingerprint density at radius 1 is 1.69 bits per heavy atom. The van der Waals surface area contributed by atoms with Crippen molar-refractivity contribution in [2.75, 3.05) is 6.61 Å². The highest BCUT2D eigenvalue weighted by molar-refractivity contribution is 9.10. The van der Waals surface area contributed by atoms with Crippen molar-refractivity contribution in [3.05, 3.63) is 32.8 Å². The second kappa shape index (κ2) is 4.09. The van der Waals surface area contributed by atoms with Crippen LogP contribution in [0.3, 0.4) is 0 Å². The Kier molecular flexibility index (Phi) is 2.78. The summed E-state index contributed by atoms with van der Waals surface area (Å²) in [6.07, 6.45) is 2.78. The van der Waals surface area contributed by atoms with Gasteiger partial charge in [-0.3, -0.25) is 9.89 Å². The highest BCUT2D eigenvalue weighted by Crippen LogP contribution is 2.08. The van der Waals surface area contributed by atoms with Gasteiger partial charge in [-0.25, -0.2) is 14.3 Å². The number of H-pyrrole nitrogens is 1. The zero-order valence-corrected chi connectivity index (χ0v) is 9.94. The third kappa shape index (κ3) is 1.63. The van der Waals surface area contributed by atoms with Gasteiger partial charge >= 0.3 is 5.97 Å². The number of carbonyl (C=O) groups is 1. The molecule has 0 aliphatic heterocycles. The molecule has 0 aliphatic rings. The van der Waals surface area contributed by atoms with E-state index >= 15 is 0 Å². The molecule has 2 heterocycles. The van der Waals surface area contributed by atoms with E-state index in [2.05, 4.69) is 26.0 Å². The second-order valence-electron chi connectivity index (χ2n) is 2.98. The number of nitrogens with one attached hydrogen (secondary N) is 1. The van der Waals surface area contributed by atoms with Crippen molar-refractivity contribution in [2.45, 2.75) is 6.92 Å². The molecule has 0 bridgehead atoms. The van der Waals surface area contributed by atoms with Crippen LogP contribution in [0, 0.1) is 0 Å². The van der Waals surface area contributed by atoms with E-state index in [1.807, 2.05) is 0 Å². The summed E-state index contributed by atoms with van der Waals surface area (Å²) in [7, 11) is 0. The van der Waals surface area contributed by atoms with Crippen LogP contribution < -0.4 is 5.43 Å². The van der Waals surface area contributed by atoms with Gasteiger partial charge in [0.2, 0.25) is 11.1 Å². The summed E-state index contributed by atoms with van der Waals surface area (Å²) in [6.45, 7) is 1.90. The number of fused-ring (bicyclic) bond motifs is 1. The Morgan fingerprint density at radius 3 is 3.12 bits per heavy atom. The molecule has 84 valence electrons. The molecular formula is C9H8BrN3O3. The van der Waals surface area contributed by atoms with Crippen LogP contribution in [0.4, 0.5) is 0 Å². The molecule has 0 unspecified atom stereocenters.